The van der Waals surface area contributed by atoms with Crippen LogP contribution >= 0.6 is 0 Å². The number of aryl methyl sites for hydroxylation is 1. The fourth-order valence-electron chi connectivity index (χ4n) is 0.877. The van der Waals surface area contributed by atoms with Crippen LogP contribution in [0.4, 0.5) is 0 Å². The van der Waals surface area contributed by atoms with E-state index in [1.54, 1.807) is 7.05 Å². The molecule has 1 N–H and O–H groups in total. The Morgan fingerprint density at radius 1 is 1.82 bits per heavy atom. The highest BCUT2D eigenvalue weighted by Crippen LogP contribution is 1.98. The van der Waals surface area contributed by atoms with Crippen molar-refractivity contribution in [2.45, 2.75) is 0 Å². The highest BCUT2D eigenvalue weighted by molar-refractivity contribution is 5.68. The highest BCUT2D eigenvalue weighted by Gasteiger charge is 2.01. The standard InChI is InChI=1S/C6H6N4O/c1-10-3-9-6(11)4-5(10)8-2-7-4/h2-3H,1H3,(H,7,8)/i3D/hD. The van der Waals surface area contributed by atoms with Crippen molar-refractivity contribution in [3.8, 4) is 0 Å². The Bertz CT molecular complexity index is 529. The number of aromatic nitrogens is 4. The summed E-state index contributed by atoms with van der Waals surface area (Å²) >= 11 is 0. The van der Waals surface area contributed by atoms with Crippen LogP contribution in [0.2, 0.25) is 1.41 Å². The van der Waals surface area contributed by atoms with Crippen molar-refractivity contribution in [3.05, 3.63) is 23.0 Å². The molecule has 0 radical (unpaired) electrons. The maximum absolute atomic E-state index is 11.2. The molecule has 56 valence electrons. The van der Waals surface area contributed by atoms with Gasteiger partial charge in [0.2, 0.25) is 0 Å². The van der Waals surface area contributed by atoms with E-state index in [1.165, 1.54) is 10.9 Å². The van der Waals surface area contributed by atoms with Crippen LogP contribution in [0.3, 0.4) is 0 Å². The van der Waals surface area contributed by atoms with Gasteiger partial charge in [0.05, 0.1) is 6.33 Å². The first-order chi connectivity index (χ1) is 6.11. The van der Waals surface area contributed by atoms with Crippen molar-refractivity contribution < 1.29 is 2.78 Å². The molecule has 0 aliphatic heterocycles. The van der Waals surface area contributed by atoms with Gasteiger partial charge in [0.25, 0.3) is 0 Å². The number of nitrogens with one attached hydrogen (secondary N) is 1. The molecule has 0 bridgehead atoms. The second-order valence-electron chi connectivity index (χ2n) is 2.12. The fourth-order valence-corrected chi connectivity index (χ4v) is 0.877. The van der Waals surface area contributed by atoms with E-state index in [0.717, 1.165) is 4.98 Å². The molecule has 0 aliphatic rings. The number of H-pyrrole nitrogens is 1. The van der Waals surface area contributed by atoms with Gasteiger partial charge >= 0.3 is 5.56 Å². The number of nitrogens with zero attached hydrogens (tertiary/aromatic N) is 3. The molecule has 0 atom stereocenters. The maximum Gasteiger partial charge on any atom is 0.300 e. The molecule has 0 amide bonds. The Hall–Kier alpha value is -1.65. The quantitative estimate of drug-likeness (QED) is 0.561. The van der Waals surface area contributed by atoms with Crippen LogP contribution in [0.15, 0.2) is 17.4 Å². The van der Waals surface area contributed by atoms with E-state index < -0.39 is 5.56 Å². The zero-order chi connectivity index (χ0) is 9.59. The van der Waals surface area contributed by atoms with Crippen molar-refractivity contribution in [2.75, 3.05) is 0 Å². The summed E-state index contributed by atoms with van der Waals surface area (Å²) in [4.78, 5) is 19.2. The summed E-state index contributed by atoms with van der Waals surface area (Å²) in [6.07, 6.45) is 1.03. The Morgan fingerprint density at radius 3 is 3.45 bits per heavy atom. The second kappa shape index (κ2) is 1.91. The molecule has 0 aromatic carbocycles. The monoisotopic (exact) mass is 152 g/mol. The van der Waals surface area contributed by atoms with E-state index in [9.17, 15) is 4.79 Å². The first-order valence-electron chi connectivity index (χ1n) is 3.96. The molecule has 0 saturated carbocycles. The Morgan fingerprint density at radius 2 is 2.64 bits per heavy atom. The van der Waals surface area contributed by atoms with Gasteiger partial charge in [-0.15, -0.1) is 0 Å². The predicted octanol–water partition coefficient (Wildman–Crippen LogP) is -0.343. The van der Waals surface area contributed by atoms with Crippen LogP contribution in [-0.4, -0.2) is 19.5 Å². The van der Waals surface area contributed by atoms with Gasteiger partial charge in [0.1, 0.15) is 13.3 Å². The van der Waals surface area contributed by atoms with Crippen molar-refractivity contribution >= 4 is 11.2 Å². The lowest BCUT2D eigenvalue weighted by atomic mass is 10.5. The highest BCUT2D eigenvalue weighted by atomic mass is 16.1. The lowest BCUT2D eigenvalue weighted by Crippen LogP contribution is -2.09. The van der Waals surface area contributed by atoms with E-state index in [4.69, 9.17) is 2.78 Å². The number of hydrogen-bond donors (Lipinski definition) is 1. The molecule has 0 unspecified atom stereocenters. The van der Waals surface area contributed by atoms with Gasteiger partial charge in [-0.3, -0.25) is 4.79 Å². The van der Waals surface area contributed by atoms with Crippen molar-refractivity contribution in [3.63, 3.8) is 0 Å². The molecule has 2 heterocycles. The van der Waals surface area contributed by atoms with E-state index in [-0.39, 0.29) is 17.5 Å². The lowest BCUT2D eigenvalue weighted by Gasteiger charge is -1.94. The van der Waals surface area contributed by atoms with Gasteiger partial charge < -0.3 is 9.54 Å². The zero-order valence-electron chi connectivity index (χ0n) is 7.77. The van der Waals surface area contributed by atoms with Gasteiger partial charge in [-0.1, -0.05) is 0 Å². The van der Waals surface area contributed by atoms with Crippen LogP contribution in [0.25, 0.3) is 11.2 Å². The van der Waals surface area contributed by atoms with Crippen molar-refractivity contribution in [1.29, 1.82) is 0 Å². The summed E-state index contributed by atoms with van der Waals surface area (Å²) in [7, 11) is 1.56. The molecule has 0 spiro atoms. The number of rotatable bonds is 0. The van der Waals surface area contributed by atoms with Gasteiger partial charge in [0.15, 0.2) is 6.93 Å². The summed E-state index contributed by atoms with van der Waals surface area (Å²) in [6, 6.07) is 0. The average molecular weight is 152 g/mol. The smallest absolute Gasteiger partial charge is 0.300 e. The van der Waals surface area contributed by atoms with Crippen LogP contribution in [0, 0.1) is 0 Å². The normalized spacial score (nSPS) is 13.2. The molecular weight excluding hydrogens is 144 g/mol. The molecule has 11 heavy (non-hydrogen) atoms. The first kappa shape index (κ1) is 4.27. The third-order valence-electron chi connectivity index (χ3n) is 1.40. The van der Waals surface area contributed by atoms with Crippen LogP contribution in [-0.2, 0) is 7.05 Å². The summed E-state index contributed by atoms with van der Waals surface area (Å²) in [5.41, 5.74) is -0.164. The molecule has 0 fully saturated rings. The molecule has 0 saturated heterocycles. The minimum Gasteiger partial charge on any atom is -0.330 e. The van der Waals surface area contributed by atoms with E-state index in [0.29, 0.717) is 0 Å². The minimum atomic E-state index is -0.566. The molecular formula is C6H6N4O. The average Bonchev–Trinajstić information content (AvgIpc) is 2.44. The summed E-state index contributed by atoms with van der Waals surface area (Å²) in [5, 5.41) is 0. The third-order valence-corrected chi connectivity index (χ3v) is 1.40. The number of fused-ring (bicyclic) bond motifs is 1. The van der Waals surface area contributed by atoms with E-state index >= 15 is 0 Å². The predicted molar refractivity (Wildman–Crippen MR) is 39.1 cm³/mol. The molecule has 2 aromatic rings. The largest absolute Gasteiger partial charge is 0.330 e. The fraction of sp³-hybridized carbons (Fsp3) is 0.167. The summed E-state index contributed by atoms with van der Waals surface area (Å²) < 4.78 is 16.0. The van der Waals surface area contributed by atoms with Crippen LogP contribution in [0.5, 0.6) is 0 Å². The van der Waals surface area contributed by atoms with Gasteiger partial charge in [-0.05, 0) is 0 Å². The third kappa shape index (κ3) is 0.739. The Balaban J connectivity index is 3.10. The lowest BCUT2D eigenvalue weighted by molar-refractivity contribution is 0.888. The van der Waals surface area contributed by atoms with Gasteiger partial charge in [-0.2, -0.15) is 4.98 Å². The molecule has 0 aliphatic carbocycles. The van der Waals surface area contributed by atoms with Crippen molar-refractivity contribution in [1.82, 2.24) is 19.5 Å². The first-order valence-corrected chi connectivity index (χ1v) is 3.01. The number of hydrogen-bond acceptors (Lipinski definition) is 3. The van der Waals surface area contributed by atoms with E-state index in [2.05, 4.69) is 9.97 Å². The Labute approximate surface area is 64.6 Å². The van der Waals surface area contributed by atoms with Crippen LogP contribution in [0.1, 0.15) is 1.37 Å². The van der Waals surface area contributed by atoms with Gasteiger partial charge in [-0.25, -0.2) is 4.98 Å². The summed E-state index contributed by atoms with van der Waals surface area (Å²) in [5.74, 6) is 0. The maximum atomic E-state index is 11.2. The Kier molecular flexibility index (Phi) is 0.744. The van der Waals surface area contributed by atoms with Crippen molar-refractivity contribution in [2.24, 2.45) is 7.05 Å². The molecule has 2 aromatic heterocycles. The van der Waals surface area contributed by atoms with Crippen LogP contribution < -0.4 is 5.56 Å². The number of aromatic amines is 1. The van der Waals surface area contributed by atoms with E-state index in [1.807, 2.05) is 0 Å². The number of imidazole rings is 1. The zero-order valence-corrected chi connectivity index (χ0v) is 5.77. The minimum absolute atomic E-state index is 0.119. The SMILES string of the molecule is [2H]c1nc(=O)c2ncn([2H])c2n1C. The molecule has 2 rings (SSSR count). The summed E-state index contributed by atoms with van der Waals surface area (Å²) in [6.45, 7) is 0. The molecule has 5 nitrogen and oxygen atoms in total. The molecule has 5 heteroatoms. The second-order valence-corrected chi connectivity index (χ2v) is 2.12. The topological polar surface area (TPSA) is 63.6 Å². The van der Waals surface area contributed by atoms with Gasteiger partial charge in [0, 0.05) is 7.05 Å².